The molecule has 6 nitrogen and oxygen atoms in total. The molecule has 3 aromatic rings. The van der Waals surface area contributed by atoms with Gasteiger partial charge >= 0.3 is 0 Å². The zero-order valence-corrected chi connectivity index (χ0v) is 13.9. The van der Waals surface area contributed by atoms with Crippen LogP contribution in [0.2, 0.25) is 5.02 Å². The summed E-state index contributed by atoms with van der Waals surface area (Å²) >= 11 is 6.16. The Labute approximate surface area is 143 Å². The van der Waals surface area contributed by atoms with E-state index in [2.05, 4.69) is 10.4 Å². The van der Waals surface area contributed by atoms with Crippen molar-refractivity contribution in [2.75, 3.05) is 5.32 Å². The van der Waals surface area contributed by atoms with E-state index < -0.39 is 5.91 Å². The quantitative estimate of drug-likeness (QED) is 0.795. The summed E-state index contributed by atoms with van der Waals surface area (Å²) in [5.41, 5.74) is 1.52. The maximum absolute atomic E-state index is 12.5. The molecule has 0 aliphatic carbocycles. The predicted octanol–water partition coefficient (Wildman–Crippen LogP) is 2.79. The topological polar surface area (TPSA) is 68.9 Å². The fraction of sp³-hybridized carbons (Fsp3) is 0.118. The van der Waals surface area contributed by atoms with Crippen LogP contribution < -0.4 is 10.9 Å². The molecule has 0 aliphatic rings. The lowest BCUT2D eigenvalue weighted by Gasteiger charge is -2.05. The minimum absolute atomic E-state index is 0.205. The van der Waals surface area contributed by atoms with Crippen molar-refractivity contribution in [3.05, 3.63) is 75.4 Å². The summed E-state index contributed by atoms with van der Waals surface area (Å²) in [5.74, 6) is -0.443. The van der Waals surface area contributed by atoms with Gasteiger partial charge in [-0.25, -0.2) is 4.68 Å². The van der Waals surface area contributed by atoms with Gasteiger partial charge in [-0.3, -0.25) is 9.59 Å². The molecule has 0 saturated carbocycles. The van der Waals surface area contributed by atoms with Crippen LogP contribution in [0.4, 0.5) is 5.69 Å². The average Bonchev–Trinajstić information content (AvgIpc) is 2.94. The molecular formula is C17H15ClN4O2. The van der Waals surface area contributed by atoms with Crippen molar-refractivity contribution in [1.29, 1.82) is 0 Å². The number of pyridine rings is 1. The number of hydrogen-bond acceptors (Lipinski definition) is 3. The van der Waals surface area contributed by atoms with Crippen molar-refractivity contribution in [1.82, 2.24) is 14.3 Å². The number of aryl methyl sites for hydroxylation is 2. The number of hydrogen-bond donors (Lipinski definition) is 1. The van der Waals surface area contributed by atoms with Crippen molar-refractivity contribution >= 4 is 23.2 Å². The number of rotatable bonds is 3. The second-order valence-corrected chi connectivity index (χ2v) is 5.76. The molecule has 7 heteroatoms. The van der Waals surface area contributed by atoms with Gasteiger partial charge in [0, 0.05) is 25.0 Å². The number of amides is 1. The van der Waals surface area contributed by atoms with E-state index >= 15 is 0 Å². The Balaban J connectivity index is 1.93. The summed E-state index contributed by atoms with van der Waals surface area (Å²) < 4.78 is 2.94. The monoisotopic (exact) mass is 342 g/mol. The van der Waals surface area contributed by atoms with Gasteiger partial charge in [0.25, 0.3) is 11.5 Å². The molecule has 0 unspecified atom stereocenters. The van der Waals surface area contributed by atoms with Gasteiger partial charge in [0.05, 0.1) is 10.7 Å². The summed E-state index contributed by atoms with van der Waals surface area (Å²) in [5, 5.41) is 7.44. The second-order valence-electron chi connectivity index (χ2n) is 5.35. The van der Waals surface area contributed by atoms with Crippen LogP contribution in [0.1, 0.15) is 16.1 Å². The summed E-state index contributed by atoms with van der Waals surface area (Å²) in [6.07, 6.45) is 3.34. The first-order valence-corrected chi connectivity index (χ1v) is 7.63. The molecule has 0 radical (unpaired) electrons. The molecule has 1 N–H and O–H groups in total. The number of aromatic nitrogens is 3. The van der Waals surface area contributed by atoms with E-state index in [9.17, 15) is 9.59 Å². The third kappa shape index (κ3) is 2.96. The van der Waals surface area contributed by atoms with E-state index in [0.717, 1.165) is 0 Å². The first-order chi connectivity index (χ1) is 11.5. The largest absolute Gasteiger partial charge is 0.317 e. The van der Waals surface area contributed by atoms with Crippen molar-refractivity contribution in [3.63, 3.8) is 0 Å². The van der Waals surface area contributed by atoms with Crippen LogP contribution >= 0.6 is 11.6 Å². The van der Waals surface area contributed by atoms with Gasteiger partial charge in [-0.15, -0.1) is 0 Å². The highest BCUT2D eigenvalue weighted by molar-refractivity contribution is 6.32. The molecular weight excluding hydrogens is 328 g/mol. The molecule has 0 bridgehead atoms. The molecule has 2 heterocycles. The van der Waals surface area contributed by atoms with Gasteiger partial charge in [0.15, 0.2) is 5.69 Å². The lowest BCUT2D eigenvalue weighted by Crippen LogP contribution is -2.24. The fourth-order valence-electron chi connectivity index (χ4n) is 2.32. The number of halogens is 1. The van der Waals surface area contributed by atoms with Gasteiger partial charge in [0.2, 0.25) is 0 Å². The zero-order valence-electron chi connectivity index (χ0n) is 13.2. The molecule has 0 aliphatic heterocycles. The highest BCUT2D eigenvalue weighted by Crippen LogP contribution is 2.20. The molecule has 0 saturated heterocycles. The van der Waals surface area contributed by atoms with E-state index in [1.54, 1.807) is 49.2 Å². The maximum Gasteiger partial charge on any atom is 0.276 e. The zero-order chi connectivity index (χ0) is 17.3. The third-order valence-corrected chi connectivity index (χ3v) is 3.90. The van der Waals surface area contributed by atoms with E-state index in [1.165, 1.54) is 4.57 Å². The highest BCUT2D eigenvalue weighted by Gasteiger charge is 2.17. The molecule has 2 aromatic heterocycles. The van der Waals surface area contributed by atoms with E-state index in [4.69, 9.17) is 11.6 Å². The minimum Gasteiger partial charge on any atom is -0.317 e. The molecule has 1 aromatic carbocycles. The van der Waals surface area contributed by atoms with E-state index in [0.29, 0.717) is 16.3 Å². The number of benzene rings is 1. The van der Waals surface area contributed by atoms with Gasteiger partial charge in [-0.1, -0.05) is 23.7 Å². The normalized spacial score (nSPS) is 10.6. The Kier molecular flexibility index (Phi) is 4.22. The minimum atomic E-state index is -0.443. The standard InChI is InChI=1S/C17H15ClN4O2/c1-11-10-22(14-8-4-3-6-12(14)18)20-15(11)16(23)19-13-7-5-9-21(2)17(13)24/h3-10H,1-2H3,(H,19,23). The summed E-state index contributed by atoms with van der Waals surface area (Å²) in [4.78, 5) is 24.5. The summed E-state index contributed by atoms with van der Waals surface area (Å²) in [6.45, 7) is 1.78. The van der Waals surface area contributed by atoms with Crippen LogP contribution in [0.5, 0.6) is 0 Å². The highest BCUT2D eigenvalue weighted by atomic mass is 35.5. The Bertz CT molecular complexity index is 975. The Morgan fingerprint density at radius 2 is 1.96 bits per heavy atom. The van der Waals surface area contributed by atoms with Crippen LogP contribution in [-0.2, 0) is 7.05 Å². The first-order valence-electron chi connectivity index (χ1n) is 7.25. The van der Waals surface area contributed by atoms with Gasteiger partial charge < -0.3 is 9.88 Å². The van der Waals surface area contributed by atoms with Gasteiger partial charge in [-0.2, -0.15) is 5.10 Å². The molecule has 3 rings (SSSR count). The molecule has 1 amide bonds. The van der Waals surface area contributed by atoms with Crippen molar-refractivity contribution in [2.24, 2.45) is 7.05 Å². The van der Waals surface area contributed by atoms with Crippen LogP contribution in [0.25, 0.3) is 5.69 Å². The van der Waals surface area contributed by atoms with Crippen LogP contribution in [0.15, 0.2) is 53.6 Å². The molecule has 0 fully saturated rings. The Morgan fingerprint density at radius 3 is 2.71 bits per heavy atom. The fourth-order valence-corrected chi connectivity index (χ4v) is 2.54. The van der Waals surface area contributed by atoms with E-state index in [-0.39, 0.29) is 16.9 Å². The Morgan fingerprint density at radius 1 is 1.21 bits per heavy atom. The first kappa shape index (κ1) is 16.0. The van der Waals surface area contributed by atoms with Crippen LogP contribution in [0.3, 0.4) is 0 Å². The van der Waals surface area contributed by atoms with E-state index in [1.807, 2.05) is 18.2 Å². The maximum atomic E-state index is 12.5. The number of nitrogens with one attached hydrogen (secondary N) is 1. The summed E-state index contributed by atoms with van der Waals surface area (Å²) in [7, 11) is 1.62. The van der Waals surface area contributed by atoms with Crippen molar-refractivity contribution in [3.8, 4) is 5.69 Å². The lowest BCUT2D eigenvalue weighted by atomic mass is 10.2. The number of carbonyl (C=O) groups excluding carboxylic acids is 1. The molecule has 0 atom stereocenters. The second kappa shape index (κ2) is 6.33. The van der Waals surface area contributed by atoms with Crippen molar-refractivity contribution in [2.45, 2.75) is 6.92 Å². The summed E-state index contributed by atoms with van der Waals surface area (Å²) in [6, 6.07) is 10.5. The van der Waals surface area contributed by atoms with Crippen molar-refractivity contribution < 1.29 is 4.79 Å². The van der Waals surface area contributed by atoms with Gasteiger partial charge in [0.1, 0.15) is 5.69 Å². The third-order valence-electron chi connectivity index (χ3n) is 3.58. The van der Waals surface area contributed by atoms with Gasteiger partial charge in [-0.05, 0) is 31.2 Å². The SMILES string of the molecule is Cc1cn(-c2ccccc2Cl)nc1C(=O)Nc1cccn(C)c1=O. The lowest BCUT2D eigenvalue weighted by molar-refractivity contribution is 0.102. The van der Waals surface area contributed by atoms with Crippen LogP contribution in [0, 0.1) is 6.92 Å². The van der Waals surface area contributed by atoms with Crippen LogP contribution in [-0.4, -0.2) is 20.3 Å². The number of anilines is 1. The average molecular weight is 343 g/mol. The number of nitrogens with zero attached hydrogens (tertiary/aromatic N) is 3. The Hall–Kier alpha value is -2.86. The predicted molar refractivity (Wildman–Crippen MR) is 92.9 cm³/mol. The smallest absolute Gasteiger partial charge is 0.276 e. The molecule has 0 spiro atoms. The number of para-hydroxylation sites is 1. The molecule has 24 heavy (non-hydrogen) atoms. The number of carbonyl (C=O) groups is 1. The molecule has 122 valence electrons.